The first-order chi connectivity index (χ1) is 10.6. The molecule has 22 heavy (non-hydrogen) atoms. The van der Waals surface area contributed by atoms with Gasteiger partial charge in [-0.2, -0.15) is 15.4 Å². The first kappa shape index (κ1) is 14.9. The Balaban J connectivity index is 1.75. The van der Waals surface area contributed by atoms with Gasteiger partial charge in [-0.3, -0.25) is 14.7 Å². The molecule has 3 rings (SSSR count). The number of carboxylic acid groups (broad SMARTS) is 1. The van der Waals surface area contributed by atoms with E-state index >= 15 is 0 Å². The van der Waals surface area contributed by atoms with Crippen molar-refractivity contribution < 1.29 is 9.90 Å². The zero-order valence-corrected chi connectivity index (χ0v) is 12.6. The highest BCUT2D eigenvalue weighted by Gasteiger charge is 2.36. The standard InChI is InChI=1S/C14H16ClN5O2/c15-12-4-16-2-1-9(12)6-20-7-10(3-14(21)22)11(8-20)13-5-17-19-18-13/h1-2,4-5,10-11H,3,6-8H2,(H,21,22)(H,17,18,19)/t10-,11+/m0/s1. The number of aromatic amines is 1. The van der Waals surface area contributed by atoms with Crippen molar-refractivity contribution in [2.24, 2.45) is 5.92 Å². The Kier molecular flexibility index (Phi) is 4.35. The molecule has 7 nitrogen and oxygen atoms in total. The minimum Gasteiger partial charge on any atom is -0.481 e. The van der Waals surface area contributed by atoms with Crippen LogP contribution in [0.15, 0.2) is 24.7 Å². The lowest BCUT2D eigenvalue weighted by Crippen LogP contribution is -2.21. The van der Waals surface area contributed by atoms with Gasteiger partial charge in [0.1, 0.15) is 0 Å². The zero-order chi connectivity index (χ0) is 15.5. The Morgan fingerprint density at radius 3 is 3.00 bits per heavy atom. The molecule has 0 spiro atoms. The Hall–Kier alpha value is -1.99. The van der Waals surface area contributed by atoms with E-state index in [2.05, 4.69) is 25.3 Å². The molecule has 1 aliphatic heterocycles. The third kappa shape index (κ3) is 3.26. The number of carboxylic acids is 1. The fourth-order valence-corrected chi connectivity index (χ4v) is 3.20. The summed E-state index contributed by atoms with van der Waals surface area (Å²) in [4.78, 5) is 17.3. The number of aromatic nitrogens is 4. The summed E-state index contributed by atoms with van der Waals surface area (Å²) >= 11 is 6.15. The number of nitrogens with one attached hydrogen (secondary N) is 1. The topological polar surface area (TPSA) is 95.0 Å². The molecule has 1 fully saturated rings. The summed E-state index contributed by atoms with van der Waals surface area (Å²) in [6.07, 6.45) is 5.12. The summed E-state index contributed by atoms with van der Waals surface area (Å²) in [5, 5.41) is 20.3. The predicted octanol–water partition coefficient (Wildman–Crippen LogP) is 1.54. The van der Waals surface area contributed by atoms with Crippen LogP contribution in [-0.2, 0) is 11.3 Å². The van der Waals surface area contributed by atoms with Crippen LogP contribution in [0.5, 0.6) is 0 Å². The van der Waals surface area contributed by atoms with Crippen LogP contribution in [0.4, 0.5) is 0 Å². The van der Waals surface area contributed by atoms with Crippen LogP contribution in [0.3, 0.4) is 0 Å². The summed E-state index contributed by atoms with van der Waals surface area (Å²) in [6.45, 7) is 2.11. The average molecular weight is 322 g/mol. The molecule has 2 N–H and O–H groups in total. The Bertz CT molecular complexity index is 648. The van der Waals surface area contributed by atoms with Crippen LogP contribution < -0.4 is 0 Å². The molecule has 8 heteroatoms. The molecule has 0 saturated carbocycles. The van der Waals surface area contributed by atoms with Gasteiger partial charge in [-0.05, 0) is 17.5 Å². The van der Waals surface area contributed by atoms with Crippen molar-refractivity contribution in [1.82, 2.24) is 25.3 Å². The molecule has 2 atom stereocenters. The van der Waals surface area contributed by atoms with Gasteiger partial charge in [-0.1, -0.05) is 11.6 Å². The first-order valence-electron chi connectivity index (χ1n) is 7.01. The summed E-state index contributed by atoms with van der Waals surface area (Å²) in [5.74, 6) is -0.707. The maximum atomic E-state index is 11.1. The molecular formula is C14H16ClN5O2. The van der Waals surface area contributed by atoms with Crippen LogP contribution in [0.2, 0.25) is 5.02 Å². The maximum Gasteiger partial charge on any atom is 0.303 e. The summed E-state index contributed by atoms with van der Waals surface area (Å²) < 4.78 is 0. The van der Waals surface area contributed by atoms with Gasteiger partial charge in [0, 0.05) is 37.9 Å². The van der Waals surface area contributed by atoms with Gasteiger partial charge in [-0.25, -0.2) is 0 Å². The van der Waals surface area contributed by atoms with Crippen molar-refractivity contribution in [3.63, 3.8) is 0 Å². The van der Waals surface area contributed by atoms with Crippen molar-refractivity contribution in [3.05, 3.63) is 40.9 Å². The second-order valence-corrected chi connectivity index (χ2v) is 5.93. The quantitative estimate of drug-likeness (QED) is 0.867. The van der Waals surface area contributed by atoms with E-state index in [4.69, 9.17) is 16.7 Å². The largest absolute Gasteiger partial charge is 0.481 e. The number of rotatable bonds is 5. The predicted molar refractivity (Wildman–Crippen MR) is 79.4 cm³/mol. The van der Waals surface area contributed by atoms with E-state index in [1.165, 1.54) is 0 Å². The lowest BCUT2D eigenvalue weighted by atomic mass is 9.91. The minimum atomic E-state index is -0.790. The number of H-pyrrole nitrogens is 1. The Labute approximate surface area is 132 Å². The number of likely N-dealkylation sites (tertiary alicyclic amines) is 1. The van der Waals surface area contributed by atoms with E-state index in [1.54, 1.807) is 18.6 Å². The molecule has 0 bridgehead atoms. The zero-order valence-electron chi connectivity index (χ0n) is 11.8. The molecule has 1 aliphatic rings. The molecular weight excluding hydrogens is 306 g/mol. The smallest absolute Gasteiger partial charge is 0.303 e. The molecule has 116 valence electrons. The molecule has 1 saturated heterocycles. The number of halogens is 1. The normalized spacial score (nSPS) is 22.0. The van der Waals surface area contributed by atoms with E-state index in [0.717, 1.165) is 17.8 Å². The average Bonchev–Trinajstić information content (AvgIpc) is 3.10. The molecule has 0 aliphatic carbocycles. The van der Waals surface area contributed by atoms with E-state index in [-0.39, 0.29) is 18.3 Å². The van der Waals surface area contributed by atoms with Crippen molar-refractivity contribution >= 4 is 17.6 Å². The van der Waals surface area contributed by atoms with Gasteiger partial charge in [0.2, 0.25) is 0 Å². The summed E-state index contributed by atoms with van der Waals surface area (Å²) in [6, 6.07) is 1.89. The Morgan fingerprint density at radius 2 is 2.32 bits per heavy atom. The van der Waals surface area contributed by atoms with Crippen molar-refractivity contribution in [3.8, 4) is 0 Å². The van der Waals surface area contributed by atoms with Gasteiger partial charge in [-0.15, -0.1) is 0 Å². The van der Waals surface area contributed by atoms with Crippen LogP contribution >= 0.6 is 11.6 Å². The van der Waals surface area contributed by atoms with E-state index in [0.29, 0.717) is 18.1 Å². The number of hydrogen-bond donors (Lipinski definition) is 2. The second-order valence-electron chi connectivity index (χ2n) is 5.52. The SMILES string of the molecule is O=C(O)C[C@H]1CN(Cc2ccncc2Cl)C[C@H]1c1cn[nH]n1. The number of hydrogen-bond acceptors (Lipinski definition) is 5. The second kappa shape index (κ2) is 6.41. The minimum absolute atomic E-state index is 0.0169. The highest BCUT2D eigenvalue weighted by molar-refractivity contribution is 6.31. The van der Waals surface area contributed by atoms with Gasteiger partial charge in [0.25, 0.3) is 0 Å². The fourth-order valence-electron chi connectivity index (χ4n) is 3.02. The van der Waals surface area contributed by atoms with Crippen LogP contribution in [0.25, 0.3) is 0 Å². The summed E-state index contributed by atoms with van der Waals surface area (Å²) in [5.41, 5.74) is 1.81. The highest BCUT2D eigenvalue weighted by Crippen LogP contribution is 2.34. The van der Waals surface area contributed by atoms with E-state index < -0.39 is 5.97 Å². The van der Waals surface area contributed by atoms with E-state index in [1.807, 2.05) is 6.07 Å². The molecule has 2 aromatic heterocycles. The Morgan fingerprint density at radius 1 is 1.45 bits per heavy atom. The number of carbonyl (C=O) groups is 1. The van der Waals surface area contributed by atoms with Gasteiger partial charge in [0.15, 0.2) is 0 Å². The van der Waals surface area contributed by atoms with Gasteiger partial charge < -0.3 is 5.11 Å². The molecule has 0 radical (unpaired) electrons. The number of aliphatic carboxylic acids is 1. The van der Waals surface area contributed by atoms with Gasteiger partial charge >= 0.3 is 5.97 Å². The molecule has 0 amide bonds. The molecule has 2 aromatic rings. The molecule has 0 aromatic carbocycles. The fraction of sp³-hybridized carbons (Fsp3) is 0.429. The van der Waals surface area contributed by atoms with Crippen molar-refractivity contribution in [2.45, 2.75) is 18.9 Å². The van der Waals surface area contributed by atoms with Crippen molar-refractivity contribution in [1.29, 1.82) is 0 Å². The maximum absolute atomic E-state index is 11.1. The molecule has 0 unspecified atom stereocenters. The highest BCUT2D eigenvalue weighted by atomic mass is 35.5. The van der Waals surface area contributed by atoms with Crippen molar-refractivity contribution in [2.75, 3.05) is 13.1 Å². The number of nitrogens with zero attached hydrogens (tertiary/aromatic N) is 4. The monoisotopic (exact) mass is 321 g/mol. The lowest BCUT2D eigenvalue weighted by molar-refractivity contribution is -0.138. The van der Waals surface area contributed by atoms with Crippen LogP contribution in [0.1, 0.15) is 23.6 Å². The lowest BCUT2D eigenvalue weighted by Gasteiger charge is -2.16. The first-order valence-corrected chi connectivity index (χ1v) is 7.39. The number of pyridine rings is 1. The van der Waals surface area contributed by atoms with Crippen LogP contribution in [0, 0.1) is 5.92 Å². The molecule has 3 heterocycles. The third-order valence-corrected chi connectivity index (χ3v) is 4.36. The third-order valence-electron chi connectivity index (χ3n) is 4.02. The van der Waals surface area contributed by atoms with Crippen LogP contribution in [-0.4, -0.2) is 49.5 Å². The van der Waals surface area contributed by atoms with E-state index in [9.17, 15) is 4.79 Å². The van der Waals surface area contributed by atoms with Gasteiger partial charge in [0.05, 0.1) is 23.3 Å². The summed E-state index contributed by atoms with van der Waals surface area (Å²) in [7, 11) is 0.